The van der Waals surface area contributed by atoms with Gasteiger partial charge in [0, 0.05) is 6.04 Å². The van der Waals surface area contributed by atoms with Gasteiger partial charge in [0.1, 0.15) is 0 Å². The maximum absolute atomic E-state index is 10.1. The number of aliphatic hydroxyl groups excluding tert-OH is 1. The quantitative estimate of drug-likeness (QED) is 0.821. The first-order valence-electron chi connectivity index (χ1n) is 5.89. The fourth-order valence-electron chi connectivity index (χ4n) is 1.65. The molecule has 0 aliphatic heterocycles. The highest BCUT2D eigenvalue weighted by molar-refractivity contribution is 5.18. The summed E-state index contributed by atoms with van der Waals surface area (Å²) in [6.07, 6.45) is 1.32. The molecule has 1 aromatic carbocycles. The minimum absolute atomic E-state index is 0.179. The first kappa shape index (κ1) is 13.2. The number of nitrogens with two attached hydrogens (primary N) is 1. The highest BCUT2D eigenvalue weighted by Crippen LogP contribution is 2.25. The van der Waals surface area contributed by atoms with Gasteiger partial charge in [-0.3, -0.25) is 0 Å². The minimum Gasteiger partial charge on any atom is -0.387 e. The smallest absolute Gasteiger partial charge is 0.0940 e. The van der Waals surface area contributed by atoms with Crippen LogP contribution in [-0.2, 0) is 0 Å². The summed E-state index contributed by atoms with van der Waals surface area (Å²) in [7, 11) is 0. The van der Waals surface area contributed by atoms with Crippen LogP contribution in [0.15, 0.2) is 30.3 Å². The van der Waals surface area contributed by atoms with Gasteiger partial charge >= 0.3 is 0 Å². The normalized spacial score (nSPS) is 15.8. The SMILES string of the molecule is CC(C)(C)CC[C@@H](N)[C@H](O)c1ccccc1. The van der Waals surface area contributed by atoms with E-state index in [-0.39, 0.29) is 11.5 Å². The first-order valence-corrected chi connectivity index (χ1v) is 5.89. The number of rotatable bonds is 4. The second-order valence-corrected chi connectivity index (χ2v) is 5.62. The van der Waals surface area contributed by atoms with Gasteiger partial charge in [0.05, 0.1) is 6.10 Å². The van der Waals surface area contributed by atoms with Crippen LogP contribution >= 0.6 is 0 Å². The Morgan fingerprint density at radius 2 is 1.75 bits per heavy atom. The molecule has 0 saturated carbocycles. The van der Waals surface area contributed by atoms with E-state index >= 15 is 0 Å². The third kappa shape index (κ3) is 4.33. The van der Waals surface area contributed by atoms with E-state index in [0.29, 0.717) is 0 Å². The number of benzene rings is 1. The van der Waals surface area contributed by atoms with Gasteiger partial charge in [0.25, 0.3) is 0 Å². The van der Waals surface area contributed by atoms with Crippen LogP contribution in [0.1, 0.15) is 45.3 Å². The topological polar surface area (TPSA) is 46.2 Å². The Morgan fingerprint density at radius 1 is 1.19 bits per heavy atom. The Kier molecular flexibility index (Phi) is 4.51. The highest BCUT2D eigenvalue weighted by atomic mass is 16.3. The average Bonchev–Trinajstić information content (AvgIpc) is 2.25. The molecular formula is C14H23NO. The summed E-state index contributed by atoms with van der Waals surface area (Å²) in [4.78, 5) is 0. The van der Waals surface area contributed by atoms with Gasteiger partial charge < -0.3 is 10.8 Å². The van der Waals surface area contributed by atoms with Crippen molar-refractivity contribution in [2.45, 2.75) is 45.8 Å². The summed E-state index contributed by atoms with van der Waals surface area (Å²) in [5.74, 6) is 0. The third-order valence-electron chi connectivity index (χ3n) is 2.77. The van der Waals surface area contributed by atoms with Gasteiger partial charge in [-0.15, -0.1) is 0 Å². The predicted molar refractivity (Wildman–Crippen MR) is 68.1 cm³/mol. The molecule has 0 bridgehead atoms. The van der Waals surface area contributed by atoms with Crippen molar-refractivity contribution in [3.05, 3.63) is 35.9 Å². The Morgan fingerprint density at radius 3 is 2.25 bits per heavy atom. The van der Waals surface area contributed by atoms with Gasteiger partial charge in [-0.05, 0) is 23.8 Å². The number of hydrogen-bond donors (Lipinski definition) is 2. The van der Waals surface area contributed by atoms with Crippen LogP contribution in [-0.4, -0.2) is 11.1 Å². The van der Waals surface area contributed by atoms with Gasteiger partial charge in [-0.2, -0.15) is 0 Å². The number of aliphatic hydroxyl groups is 1. The van der Waals surface area contributed by atoms with E-state index in [4.69, 9.17) is 5.73 Å². The van der Waals surface area contributed by atoms with Crippen LogP contribution in [0.25, 0.3) is 0 Å². The van der Waals surface area contributed by atoms with Crippen LogP contribution in [0, 0.1) is 5.41 Å². The van der Waals surface area contributed by atoms with Crippen molar-refractivity contribution in [3.8, 4) is 0 Å². The van der Waals surface area contributed by atoms with E-state index in [1.54, 1.807) is 0 Å². The lowest BCUT2D eigenvalue weighted by Gasteiger charge is -2.24. The molecular weight excluding hydrogens is 198 g/mol. The van der Waals surface area contributed by atoms with Crippen molar-refractivity contribution < 1.29 is 5.11 Å². The molecule has 3 N–H and O–H groups in total. The molecule has 0 amide bonds. The number of hydrogen-bond acceptors (Lipinski definition) is 2. The summed E-state index contributed by atoms with van der Waals surface area (Å²) in [6, 6.07) is 9.45. The summed E-state index contributed by atoms with van der Waals surface area (Å²) in [5.41, 5.74) is 7.18. The molecule has 0 aliphatic rings. The van der Waals surface area contributed by atoms with Crippen molar-refractivity contribution in [1.82, 2.24) is 0 Å². The monoisotopic (exact) mass is 221 g/mol. The highest BCUT2D eigenvalue weighted by Gasteiger charge is 2.19. The fraction of sp³-hybridized carbons (Fsp3) is 0.571. The van der Waals surface area contributed by atoms with Gasteiger partial charge in [-0.1, -0.05) is 51.1 Å². The van der Waals surface area contributed by atoms with Crippen molar-refractivity contribution >= 4 is 0 Å². The molecule has 0 spiro atoms. The van der Waals surface area contributed by atoms with Crippen LogP contribution in [0.3, 0.4) is 0 Å². The van der Waals surface area contributed by atoms with Crippen LogP contribution in [0.4, 0.5) is 0 Å². The molecule has 16 heavy (non-hydrogen) atoms. The second kappa shape index (κ2) is 5.46. The largest absolute Gasteiger partial charge is 0.387 e. The molecule has 90 valence electrons. The lowest BCUT2D eigenvalue weighted by Crippen LogP contribution is -2.29. The van der Waals surface area contributed by atoms with E-state index in [0.717, 1.165) is 18.4 Å². The van der Waals surface area contributed by atoms with Gasteiger partial charge in [-0.25, -0.2) is 0 Å². The molecule has 0 unspecified atom stereocenters. The summed E-state index contributed by atoms with van der Waals surface area (Å²) < 4.78 is 0. The molecule has 0 radical (unpaired) electrons. The maximum atomic E-state index is 10.1. The zero-order valence-corrected chi connectivity index (χ0v) is 10.5. The van der Waals surface area contributed by atoms with Crippen LogP contribution < -0.4 is 5.73 Å². The molecule has 0 saturated heterocycles. The molecule has 0 aliphatic carbocycles. The lowest BCUT2D eigenvalue weighted by atomic mass is 9.87. The lowest BCUT2D eigenvalue weighted by molar-refractivity contribution is 0.135. The van der Waals surface area contributed by atoms with E-state index in [1.807, 2.05) is 30.3 Å². The van der Waals surface area contributed by atoms with Crippen molar-refractivity contribution in [1.29, 1.82) is 0 Å². The van der Waals surface area contributed by atoms with E-state index < -0.39 is 6.10 Å². The molecule has 2 atom stereocenters. The standard InChI is InChI=1S/C14H23NO/c1-14(2,3)10-9-12(15)13(16)11-7-5-4-6-8-11/h4-8,12-13,16H,9-10,15H2,1-3H3/t12-,13-/m1/s1. The second-order valence-electron chi connectivity index (χ2n) is 5.62. The average molecular weight is 221 g/mol. The summed E-state index contributed by atoms with van der Waals surface area (Å²) in [5, 5.41) is 10.1. The Bertz CT molecular complexity index is 302. The van der Waals surface area contributed by atoms with Gasteiger partial charge in [0.2, 0.25) is 0 Å². The van der Waals surface area contributed by atoms with Crippen molar-refractivity contribution in [3.63, 3.8) is 0 Å². The van der Waals surface area contributed by atoms with Gasteiger partial charge in [0.15, 0.2) is 0 Å². The Labute approximate surface area is 98.5 Å². The maximum Gasteiger partial charge on any atom is 0.0940 e. The molecule has 2 heteroatoms. The molecule has 1 rings (SSSR count). The fourth-order valence-corrected chi connectivity index (χ4v) is 1.65. The molecule has 1 aromatic rings. The van der Waals surface area contributed by atoms with E-state index in [1.165, 1.54) is 0 Å². The Balaban J connectivity index is 2.52. The molecule has 0 aromatic heterocycles. The summed E-state index contributed by atoms with van der Waals surface area (Å²) >= 11 is 0. The minimum atomic E-state index is -0.552. The van der Waals surface area contributed by atoms with Crippen LogP contribution in [0.5, 0.6) is 0 Å². The Hall–Kier alpha value is -0.860. The molecule has 0 fully saturated rings. The molecule has 0 heterocycles. The zero-order chi connectivity index (χ0) is 12.2. The zero-order valence-electron chi connectivity index (χ0n) is 10.5. The molecule has 2 nitrogen and oxygen atoms in total. The first-order chi connectivity index (χ1) is 7.40. The summed E-state index contributed by atoms with van der Waals surface area (Å²) in [6.45, 7) is 6.57. The van der Waals surface area contributed by atoms with E-state index in [9.17, 15) is 5.11 Å². The van der Waals surface area contributed by atoms with Crippen molar-refractivity contribution in [2.75, 3.05) is 0 Å². The third-order valence-corrected chi connectivity index (χ3v) is 2.77. The van der Waals surface area contributed by atoms with Crippen molar-refractivity contribution in [2.24, 2.45) is 11.1 Å². The van der Waals surface area contributed by atoms with E-state index in [2.05, 4.69) is 20.8 Å². The predicted octanol–water partition coefficient (Wildman–Crippen LogP) is 2.87. The van der Waals surface area contributed by atoms with Crippen LogP contribution in [0.2, 0.25) is 0 Å².